The van der Waals surface area contributed by atoms with E-state index in [1.54, 1.807) is 0 Å². The van der Waals surface area contributed by atoms with Gasteiger partial charge >= 0.3 is 0 Å². The number of benzene rings is 2. The highest BCUT2D eigenvalue weighted by Crippen LogP contribution is 2.15. The average molecular weight is 382 g/mol. The third-order valence-electron chi connectivity index (χ3n) is 4.28. The minimum atomic E-state index is -0.0753. The summed E-state index contributed by atoms with van der Waals surface area (Å²) in [4.78, 5) is 18.9. The Morgan fingerprint density at radius 1 is 1.04 bits per heavy atom. The van der Waals surface area contributed by atoms with Gasteiger partial charge in [0, 0.05) is 19.2 Å². The van der Waals surface area contributed by atoms with Gasteiger partial charge in [-0.3, -0.25) is 4.79 Å². The first-order chi connectivity index (χ1) is 13.5. The molecule has 2 aromatic rings. The molecule has 150 valence electrons. The fraction of sp³-hybridized carbons (Fsp3) is 0.391. The molecular formula is C23H31N3O2. The molecule has 0 atom stereocenters. The lowest BCUT2D eigenvalue weighted by molar-refractivity contribution is -0.114. The Kier molecular flexibility index (Phi) is 9.22. The molecule has 0 aromatic heterocycles. The summed E-state index contributed by atoms with van der Waals surface area (Å²) in [5.41, 5.74) is 4.08. The predicted molar refractivity (Wildman–Crippen MR) is 116 cm³/mol. The highest BCUT2D eigenvalue weighted by Gasteiger charge is 2.07. The Bertz CT molecular complexity index is 740. The molecule has 0 bridgehead atoms. The van der Waals surface area contributed by atoms with Crippen LogP contribution in [0, 0.1) is 0 Å². The van der Waals surface area contributed by atoms with Crippen LogP contribution in [0.4, 0.5) is 5.69 Å². The van der Waals surface area contributed by atoms with Crippen molar-refractivity contribution >= 4 is 17.3 Å². The molecule has 1 amide bonds. The van der Waals surface area contributed by atoms with E-state index in [1.165, 1.54) is 12.5 Å². The monoisotopic (exact) mass is 381 g/mol. The van der Waals surface area contributed by atoms with E-state index >= 15 is 0 Å². The van der Waals surface area contributed by atoms with Crippen molar-refractivity contribution in [3.8, 4) is 0 Å². The second-order valence-corrected chi connectivity index (χ2v) is 7.13. The van der Waals surface area contributed by atoms with Gasteiger partial charge in [0.15, 0.2) is 0 Å². The molecule has 28 heavy (non-hydrogen) atoms. The van der Waals surface area contributed by atoms with Gasteiger partial charge in [0.25, 0.3) is 0 Å². The van der Waals surface area contributed by atoms with Gasteiger partial charge in [-0.2, -0.15) is 0 Å². The highest BCUT2D eigenvalue weighted by molar-refractivity contribution is 6.00. The van der Waals surface area contributed by atoms with Gasteiger partial charge in [0.2, 0.25) is 5.91 Å². The van der Waals surface area contributed by atoms with Crippen LogP contribution in [-0.2, 0) is 16.1 Å². The molecule has 0 radical (unpaired) electrons. The number of hydrogen-bond donors (Lipinski definition) is 1. The lowest BCUT2D eigenvalue weighted by atomic mass is 10.0. The van der Waals surface area contributed by atoms with Crippen molar-refractivity contribution in [2.75, 3.05) is 32.6 Å². The largest absolute Gasteiger partial charge is 0.396 e. The van der Waals surface area contributed by atoms with Gasteiger partial charge < -0.3 is 15.1 Å². The molecule has 1 N–H and O–H groups in total. The number of carbonyl (C=O) groups is 1. The first-order valence-corrected chi connectivity index (χ1v) is 9.80. The second-order valence-electron chi connectivity index (χ2n) is 7.13. The molecule has 0 aliphatic carbocycles. The van der Waals surface area contributed by atoms with Crippen molar-refractivity contribution in [1.82, 2.24) is 4.90 Å². The normalized spacial score (nSPS) is 11.5. The predicted octanol–water partition coefficient (Wildman–Crippen LogP) is 4.34. The number of nitrogens with one attached hydrogen (secondary N) is 1. The van der Waals surface area contributed by atoms with E-state index in [2.05, 4.69) is 53.7 Å². The molecule has 5 nitrogen and oxygen atoms in total. The second kappa shape index (κ2) is 11.9. The first-order valence-electron chi connectivity index (χ1n) is 9.80. The van der Waals surface area contributed by atoms with Crippen molar-refractivity contribution < 1.29 is 9.63 Å². The summed E-state index contributed by atoms with van der Waals surface area (Å²) in [6, 6.07) is 18.2. The number of anilines is 1. The van der Waals surface area contributed by atoms with Crippen LogP contribution in [0.2, 0.25) is 0 Å². The summed E-state index contributed by atoms with van der Waals surface area (Å²) in [6.07, 6.45) is 3.78. The van der Waals surface area contributed by atoms with Gasteiger partial charge in [0.05, 0.1) is 5.71 Å². The lowest BCUT2D eigenvalue weighted by Crippen LogP contribution is -2.14. The van der Waals surface area contributed by atoms with Gasteiger partial charge in [-0.25, -0.2) is 0 Å². The number of amides is 1. The van der Waals surface area contributed by atoms with E-state index in [1.807, 2.05) is 30.3 Å². The highest BCUT2D eigenvalue weighted by atomic mass is 16.6. The number of hydrogen-bond acceptors (Lipinski definition) is 4. The summed E-state index contributed by atoms with van der Waals surface area (Å²) in [7, 11) is 4.10. The number of oxime groups is 1. The number of nitrogens with zero attached hydrogens (tertiary/aromatic N) is 2. The molecule has 5 heteroatoms. The Balaban J connectivity index is 1.98. The van der Waals surface area contributed by atoms with E-state index < -0.39 is 0 Å². The van der Waals surface area contributed by atoms with Crippen LogP contribution < -0.4 is 5.32 Å². The zero-order valence-corrected chi connectivity index (χ0v) is 17.1. The molecular weight excluding hydrogens is 350 g/mol. The first kappa shape index (κ1) is 21.6. The van der Waals surface area contributed by atoms with E-state index in [-0.39, 0.29) is 5.91 Å². The van der Waals surface area contributed by atoms with Crippen LogP contribution in [0.5, 0.6) is 0 Å². The van der Waals surface area contributed by atoms with Gasteiger partial charge in [-0.05, 0) is 63.0 Å². The zero-order chi connectivity index (χ0) is 20.2. The average Bonchev–Trinajstić information content (AvgIpc) is 2.67. The van der Waals surface area contributed by atoms with Crippen molar-refractivity contribution in [3.05, 3.63) is 65.7 Å². The van der Waals surface area contributed by atoms with Crippen LogP contribution in [0.25, 0.3) is 0 Å². The molecule has 0 fully saturated rings. The van der Waals surface area contributed by atoms with Gasteiger partial charge in [-0.15, -0.1) is 0 Å². The number of rotatable bonds is 11. The topological polar surface area (TPSA) is 53.9 Å². The van der Waals surface area contributed by atoms with Crippen LogP contribution in [0.15, 0.2) is 59.8 Å². The Hall–Kier alpha value is -2.66. The third kappa shape index (κ3) is 8.35. The summed E-state index contributed by atoms with van der Waals surface area (Å²) in [6.45, 7) is 3.08. The van der Waals surface area contributed by atoms with E-state index in [0.717, 1.165) is 49.2 Å². The summed E-state index contributed by atoms with van der Waals surface area (Å²) in [5, 5.41) is 7.21. The van der Waals surface area contributed by atoms with Crippen LogP contribution >= 0.6 is 0 Å². The summed E-state index contributed by atoms with van der Waals surface area (Å²) < 4.78 is 0. The van der Waals surface area contributed by atoms with E-state index in [4.69, 9.17) is 4.84 Å². The number of aryl methyl sites for hydroxylation is 1. The maximum atomic E-state index is 11.2. The smallest absolute Gasteiger partial charge is 0.221 e. The fourth-order valence-electron chi connectivity index (χ4n) is 2.87. The number of carbonyl (C=O) groups excluding carboxylic acids is 1. The van der Waals surface area contributed by atoms with Gasteiger partial charge in [-0.1, -0.05) is 47.6 Å². The minimum absolute atomic E-state index is 0.0753. The van der Waals surface area contributed by atoms with Crippen molar-refractivity contribution in [2.24, 2.45) is 5.16 Å². The molecule has 0 spiro atoms. The van der Waals surface area contributed by atoms with E-state index in [9.17, 15) is 4.79 Å². The minimum Gasteiger partial charge on any atom is -0.396 e. The molecule has 0 saturated carbocycles. The molecule has 0 heterocycles. The Morgan fingerprint density at radius 2 is 1.75 bits per heavy atom. The van der Waals surface area contributed by atoms with Crippen molar-refractivity contribution in [2.45, 2.75) is 32.6 Å². The van der Waals surface area contributed by atoms with Crippen molar-refractivity contribution in [1.29, 1.82) is 0 Å². The SMILES string of the molecule is CC(=O)Nc1ccc(C(CCCc2ccccc2)=NOCCCN(C)C)cc1. The molecule has 2 rings (SSSR count). The molecule has 0 aliphatic heterocycles. The fourth-order valence-corrected chi connectivity index (χ4v) is 2.87. The molecule has 0 saturated heterocycles. The van der Waals surface area contributed by atoms with Crippen LogP contribution in [-0.4, -0.2) is 43.8 Å². The standard InChI is InChI=1S/C23H31N3O2/c1-19(27)24-22-15-13-21(14-16-22)23(25-28-18-8-17-26(2)3)12-7-11-20-9-5-4-6-10-20/h4-6,9-10,13-16H,7-8,11-12,17-18H2,1-3H3,(H,24,27). The van der Waals surface area contributed by atoms with Gasteiger partial charge in [0.1, 0.15) is 6.61 Å². The van der Waals surface area contributed by atoms with Crippen molar-refractivity contribution in [3.63, 3.8) is 0 Å². The van der Waals surface area contributed by atoms with Crippen LogP contribution in [0.1, 0.15) is 37.3 Å². The maximum absolute atomic E-state index is 11.2. The quantitative estimate of drug-likeness (QED) is 0.358. The molecule has 2 aromatic carbocycles. The zero-order valence-electron chi connectivity index (χ0n) is 17.1. The Labute approximate surface area is 168 Å². The van der Waals surface area contributed by atoms with Crippen LogP contribution in [0.3, 0.4) is 0 Å². The summed E-state index contributed by atoms with van der Waals surface area (Å²) >= 11 is 0. The maximum Gasteiger partial charge on any atom is 0.221 e. The Morgan fingerprint density at radius 3 is 2.39 bits per heavy atom. The molecule has 0 aliphatic rings. The molecule has 0 unspecified atom stereocenters. The third-order valence-corrected chi connectivity index (χ3v) is 4.28. The summed E-state index contributed by atoms with van der Waals surface area (Å²) in [5.74, 6) is -0.0753. The van der Waals surface area contributed by atoms with E-state index in [0.29, 0.717) is 6.61 Å². The lowest BCUT2D eigenvalue weighted by Gasteiger charge is -2.10.